The number of benzene rings is 1. The predicted molar refractivity (Wildman–Crippen MR) is 68.9 cm³/mol. The van der Waals surface area contributed by atoms with Gasteiger partial charge in [0.15, 0.2) is 0 Å². The monoisotopic (exact) mass is 232 g/mol. The zero-order valence-electron chi connectivity index (χ0n) is 10.7. The van der Waals surface area contributed by atoms with Crippen molar-refractivity contribution in [2.24, 2.45) is 0 Å². The molecule has 0 aliphatic rings. The summed E-state index contributed by atoms with van der Waals surface area (Å²) in [4.78, 5) is 0. The van der Waals surface area contributed by atoms with Crippen LogP contribution in [0, 0.1) is 11.3 Å². The summed E-state index contributed by atoms with van der Waals surface area (Å²) < 4.78 is 5.20. The van der Waals surface area contributed by atoms with Crippen LogP contribution in [0.15, 0.2) is 24.3 Å². The molecule has 0 heterocycles. The Kier molecular flexibility index (Phi) is 5.51. The zero-order valence-corrected chi connectivity index (χ0v) is 10.7. The normalized spacial score (nSPS) is 13.8. The number of rotatable bonds is 6. The lowest BCUT2D eigenvalue weighted by Gasteiger charge is -2.20. The Morgan fingerprint density at radius 2 is 2.24 bits per heavy atom. The fourth-order valence-corrected chi connectivity index (χ4v) is 1.79. The molecule has 0 saturated heterocycles. The van der Waals surface area contributed by atoms with Crippen molar-refractivity contribution < 1.29 is 4.74 Å². The molecule has 3 heteroatoms. The molecule has 1 aromatic carbocycles. The molecule has 0 saturated carbocycles. The van der Waals surface area contributed by atoms with E-state index < -0.39 is 0 Å². The molecule has 0 bridgehead atoms. The molecule has 0 aliphatic carbocycles. The first-order chi connectivity index (χ1) is 8.21. The van der Waals surface area contributed by atoms with E-state index in [1.807, 2.05) is 18.2 Å². The van der Waals surface area contributed by atoms with Crippen molar-refractivity contribution in [2.45, 2.75) is 38.8 Å². The van der Waals surface area contributed by atoms with Gasteiger partial charge in [0, 0.05) is 12.1 Å². The van der Waals surface area contributed by atoms with Crippen LogP contribution in [0.4, 0.5) is 0 Å². The van der Waals surface area contributed by atoms with E-state index in [0.717, 1.165) is 12.2 Å². The molecular formula is C14H20N2O. The Hall–Kier alpha value is -1.53. The number of hydrogen-bond donors (Lipinski definition) is 1. The average Bonchev–Trinajstić information content (AvgIpc) is 2.38. The third kappa shape index (κ3) is 4.08. The molecule has 0 spiro atoms. The van der Waals surface area contributed by atoms with Gasteiger partial charge in [-0.05, 0) is 31.0 Å². The first kappa shape index (κ1) is 13.5. The quantitative estimate of drug-likeness (QED) is 0.820. The summed E-state index contributed by atoms with van der Waals surface area (Å²) >= 11 is 0. The summed E-state index contributed by atoms with van der Waals surface area (Å²) in [7, 11) is 1.67. The minimum atomic E-state index is 0.225. The Balaban J connectivity index is 2.68. The van der Waals surface area contributed by atoms with Crippen LogP contribution in [0.2, 0.25) is 0 Å². The van der Waals surface area contributed by atoms with Gasteiger partial charge in [0.2, 0.25) is 0 Å². The molecule has 0 aromatic heterocycles. The number of nitrogens with one attached hydrogen (secondary N) is 1. The lowest BCUT2D eigenvalue weighted by atomic mass is 10.1. The van der Waals surface area contributed by atoms with Gasteiger partial charge in [0.25, 0.3) is 0 Å². The van der Waals surface area contributed by atoms with Crippen molar-refractivity contribution in [3.8, 4) is 11.8 Å². The second-order valence-corrected chi connectivity index (χ2v) is 4.13. The second kappa shape index (κ2) is 6.93. The molecule has 1 unspecified atom stereocenters. The summed E-state index contributed by atoms with van der Waals surface area (Å²) in [6.45, 7) is 4.20. The Morgan fingerprint density at radius 3 is 2.82 bits per heavy atom. The second-order valence-electron chi connectivity index (χ2n) is 4.13. The number of hydrogen-bond acceptors (Lipinski definition) is 3. The maximum absolute atomic E-state index is 8.72. The summed E-state index contributed by atoms with van der Waals surface area (Å²) in [5.74, 6) is 0.865. The van der Waals surface area contributed by atoms with Crippen molar-refractivity contribution in [2.75, 3.05) is 7.11 Å². The smallest absolute Gasteiger partial charge is 0.119 e. The third-order valence-corrected chi connectivity index (χ3v) is 2.91. The summed E-state index contributed by atoms with van der Waals surface area (Å²) in [6.07, 6.45) is 1.51. The van der Waals surface area contributed by atoms with Crippen LogP contribution in [0.3, 0.4) is 0 Å². The molecule has 1 aromatic rings. The molecule has 0 radical (unpaired) electrons. The molecule has 0 aliphatic heterocycles. The van der Waals surface area contributed by atoms with Gasteiger partial charge >= 0.3 is 0 Å². The minimum absolute atomic E-state index is 0.225. The van der Waals surface area contributed by atoms with Crippen molar-refractivity contribution in [3.63, 3.8) is 0 Å². The van der Waals surface area contributed by atoms with Gasteiger partial charge in [0.05, 0.1) is 19.6 Å². The van der Waals surface area contributed by atoms with E-state index in [9.17, 15) is 0 Å². The van der Waals surface area contributed by atoms with Crippen molar-refractivity contribution in [1.82, 2.24) is 5.32 Å². The highest BCUT2D eigenvalue weighted by molar-refractivity contribution is 5.30. The molecule has 92 valence electrons. The first-order valence-corrected chi connectivity index (χ1v) is 5.98. The maximum atomic E-state index is 8.72. The third-order valence-electron chi connectivity index (χ3n) is 2.91. The van der Waals surface area contributed by atoms with Crippen molar-refractivity contribution in [3.05, 3.63) is 29.8 Å². The van der Waals surface area contributed by atoms with Gasteiger partial charge in [-0.25, -0.2) is 0 Å². The standard InChI is InChI=1S/C14H20N2O/c1-4-13(8-9-15)16-11(2)12-6-5-7-14(10-12)17-3/h5-7,10-11,13,16H,4,8H2,1-3H3/t11-,13?/m1/s1. The number of methoxy groups -OCH3 is 1. The highest BCUT2D eigenvalue weighted by Gasteiger charge is 2.11. The first-order valence-electron chi connectivity index (χ1n) is 5.98. The average molecular weight is 232 g/mol. The Labute approximate surface area is 103 Å². The van der Waals surface area contributed by atoms with Crippen molar-refractivity contribution in [1.29, 1.82) is 5.26 Å². The summed E-state index contributed by atoms with van der Waals surface area (Å²) in [6, 6.07) is 10.7. The van der Waals surface area contributed by atoms with E-state index in [2.05, 4.69) is 31.3 Å². The lowest BCUT2D eigenvalue weighted by molar-refractivity contribution is 0.410. The van der Waals surface area contributed by atoms with E-state index in [1.54, 1.807) is 7.11 Å². The van der Waals surface area contributed by atoms with Gasteiger partial charge in [-0.3, -0.25) is 0 Å². The SMILES string of the molecule is CCC(CC#N)N[C@H](C)c1cccc(OC)c1. The molecule has 2 atom stereocenters. The Morgan fingerprint density at radius 1 is 1.47 bits per heavy atom. The number of ether oxygens (including phenoxy) is 1. The molecular weight excluding hydrogens is 212 g/mol. The van der Waals surface area contributed by atoms with E-state index in [4.69, 9.17) is 10.00 Å². The zero-order chi connectivity index (χ0) is 12.7. The fraction of sp³-hybridized carbons (Fsp3) is 0.500. The topological polar surface area (TPSA) is 45.0 Å². The molecule has 17 heavy (non-hydrogen) atoms. The van der Waals surface area contributed by atoms with E-state index in [1.165, 1.54) is 5.56 Å². The van der Waals surface area contributed by atoms with Crippen LogP contribution < -0.4 is 10.1 Å². The van der Waals surface area contributed by atoms with Crippen LogP contribution in [0.1, 0.15) is 38.3 Å². The van der Waals surface area contributed by atoms with Gasteiger partial charge in [-0.15, -0.1) is 0 Å². The van der Waals surface area contributed by atoms with Crippen LogP contribution in [-0.2, 0) is 0 Å². The van der Waals surface area contributed by atoms with E-state index >= 15 is 0 Å². The highest BCUT2D eigenvalue weighted by Crippen LogP contribution is 2.19. The predicted octanol–water partition coefficient (Wildman–Crippen LogP) is 3.04. The fourth-order valence-electron chi connectivity index (χ4n) is 1.79. The van der Waals surface area contributed by atoms with E-state index in [0.29, 0.717) is 6.42 Å². The van der Waals surface area contributed by atoms with Crippen LogP contribution in [-0.4, -0.2) is 13.2 Å². The molecule has 1 N–H and O–H groups in total. The van der Waals surface area contributed by atoms with Crippen LogP contribution >= 0.6 is 0 Å². The lowest BCUT2D eigenvalue weighted by Crippen LogP contribution is -2.30. The summed E-state index contributed by atoms with van der Waals surface area (Å²) in [5.41, 5.74) is 1.18. The van der Waals surface area contributed by atoms with Gasteiger partial charge < -0.3 is 10.1 Å². The minimum Gasteiger partial charge on any atom is -0.497 e. The molecule has 1 rings (SSSR count). The van der Waals surface area contributed by atoms with Gasteiger partial charge in [-0.1, -0.05) is 19.1 Å². The van der Waals surface area contributed by atoms with Crippen LogP contribution in [0.5, 0.6) is 5.75 Å². The molecule has 0 fully saturated rings. The summed E-state index contributed by atoms with van der Waals surface area (Å²) in [5, 5.41) is 12.2. The number of nitrogens with zero attached hydrogens (tertiary/aromatic N) is 1. The molecule has 0 amide bonds. The largest absolute Gasteiger partial charge is 0.497 e. The maximum Gasteiger partial charge on any atom is 0.119 e. The van der Waals surface area contributed by atoms with Gasteiger partial charge in [-0.2, -0.15) is 5.26 Å². The highest BCUT2D eigenvalue weighted by atomic mass is 16.5. The van der Waals surface area contributed by atoms with Crippen molar-refractivity contribution >= 4 is 0 Å². The molecule has 3 nitrogen and oxygen atoms in total. The Bertz CT molecular complexity index is 384. The van der Waals surface area contributed by atoms with Gasteiger partial charge in [0.1, 0.15) is 5.75 Å². The van der Waals surface area contributed by atoms with Crippen LogP contribution in [0.25, 0.3) is 0 Å². The number of nitriles is 1. The van der Waals surface area contributed by atoms with E-state index in [-0.39, 0.29) is 12.1 Å².